The maximum absolute atomic E-state index is 14.0. The number of alkyl halides is 1. The number of aromatic nitrogens is 4. The summed E-state index contributed by atoms with van der Waals surface area (Å²) in [6.07, 6.45) is 12.3. The molecule has 0 amide bonds. The Labute approximate surface area is 237 Å². The number of hydrogen-bond acceptors (Lipinski definition) is 7. The molecule has 1 N–H and O–H groups in total. The topological polar surface area (TPSA) is 91.8 Å². The highest BCUT2D eigenvalue weighted by molar-refractivity contribution is 5.84. The summed E-state index contributed by atoms with van der Waals surface area (Å²) in [6, 6.07) is 9.52. The van der Waals surface area contributed by atoms with E-state index in [0.717, 1.165) is 58.8 Å². The van der Waals surface area contributed by atoms with E-state index in [1.54, 1.807) is 10.7 Å². The molecule has 0 spiro atoms. The molecule has 10 heteroatoms. The van der Waals surface area contributed by atoms with Crippen LogP contribution in [0.5, 0.6) is 0 Å². The van der Waals surface area contributed by atoms with E-state index in [1.165, 1.54) is 12.0 Å². The van der Waals surface area contributed by atoms with Crippen molar-refractivity contribution in [3.63, 3.8) is 0 Å². The van der Waals surface area contributed by atoms with E-state index >= 15 is 0 Å². The lowest BCUT2D eigenvalue weighted by molar-refractivity contribution is -0.0644. The van der Waals surface area contributed by atoms with Crippen molar-refractivity contribution in [3.8, 4) is 6.07 Å². The molecule has 2 unspecified atom stereocenters. The molecule has 2 bridgehead atoms. The summed E-state index contributed by atoms with van der Waals surface area (Å²) in [4.78, 5) is 19.0. The molecule has 208 valence electrons. The van der Waals surface area contributed by atoms with Crippen LogP contribution >= 0.6 is 0 Å². The Kier molecular flexibility index (Phi) is 6.31. The van der Waals surface area contributed by atoms with Crippen LogP contribution in [0.3, 0.4) is 0 Å². The summed E-state index contributed by atoms with van der Waals surface area (Å²) < 4.78 is 15.7. The molecule has 8 heterocycles. The van der Waals surface area contributed by atoms with Crippen LogP contribution in [0.1, 0.15) is 36.5 Å². The average molecular weight is 550 g/mol. The van der Waals surface area contributed by atoms with Crippen molar-refractivity contribution in [1.82, 2.24) is 29.4 Å². The lowest BCUT2D eigenvalue weighted by Gasteiger charge is -2.57. The Morgan fingerprint density at radius 2 is 2.10 bits per heavy atom. The minimum absolute atomic E-state index is 0.371. The molecule has 4 aromatic rings. The number of aromatic amines is 1. The van der Waals surface area contributed by atoms with Gasteiger partial charge in [-0.15, -0.1) is 0 Å². The SMILES string of the molecule is C=N/C(=C\C=C(/C)c1cc(N2CC[C@H](F)C2)cn2ncc(C#N)c12)N1CC2CC(C1)N2Cc1cnc2[nH]ccc2c1. The van der Waals surface area contributed by atoms with E-state index in [1.807, 2.05) is 48.6 Å². The zero-order chi connectivity index (χ0) is 28.1. The number of nitrogens with one attached hydrogen (secondary N) is 1. The fraction of sp³-hybridized carbons (Fsp3) is 0.355. The number of anilines is 1. The zero-order valence-electron chi connectivity index (χ0n) is 23.0. The van der Waals surface area contributed by atoms with E-state index in [4.69, 9.17) is 0 Å². The molecule has 0 saturated carbocycles. The maximum atomic E-state index is 14.0. The standard InChI is InChI=1S/C31H32FN9/c1-20(28-11-25(38-8-6-24(32)16-38)19-41-30(28)23(12-33)14-37-41)3-4-29(34-2)39-17-26-10-27(18-39)40(26)15-21-9-22-5-7-35-31(22)36-13-21/h3-5,7,9,11,13-14,19,24,26-27H,2,6,8,10,15-18H2,1H3,(H,35,36)/b20-3+,29-4+/t24-,26?,27?/m0/s1. The Bertz CT molecular complexity index is 1730. The minimum atomic E-state index is -0.826. The number of nitrogens with zero attached hydrogens (tertiary/aromatic N) is 8. The Balaban J connectivity index is 1.11. The van der Waals surface area contributed by atoms with Crippen LogP contribution in [0.2, 0.25) is 0 Å². The molecular weight excluding hydrogens is 517 g/mol. The molecule has 0 radical (unpaired) electrons. The predicted molar refractivity (Wildman–Crippen MR) is 158 cm³/mol. The van der Waals surface area contributed by atoms with Crippen molar-refractivity contribution in [2.24, 2.45) is 4.99 Å². The number of halogens is 1. The van der Waals surface area contributed by atoms with Gasteiger partial charge in [0.15, 0.2) is 0 Å². The largest absolute Gasteiger partial charge is 0.367 e. The van der Waals surface area contributed by atoms with E-state index < -0.39 is 6.17 Å². The number of piperazine rings is 1. The zero-order valence-corrected chi connectivity index (χ0v) is 23.0. The molecule has 0 aliphatic carbocycles. The lowest BCUT2D eigenvalue weighted by atomic mass is 9.87. The van der Waals surface area contributed by atoms with Gasteiger partial charge in [0, 0.05) is 68.2 Å². The predicted octanol–water partition coefficient (Wildman–Crippen LogP) is 4.53. The van der Waals surface area contributed by atoms with Gasteiger partial charge in [0.2, 0.25) is 0 Å². The number of hydrogen-bond donors (Lipinski definition) is 1. The van der Waals surface area contributed by atoms with Gasteiger partial charge in [-0.2, -0.15) is 10.4 Å². The molecule has 3 atom stereocenters. The van der Waals surface area contributed by atoms with Gasteiger partial charge >= 0.3 is 0 Å². The van der Waals surface area contributed by atoms with Gasteiger partial charge in [0.05, 0.1) is 29.2 Å². The van der Waals surface area contributed by atoms with Crippen LogP contribution in [-0.2, 0) is 6.54 Å². The van der Waals surface area contributed by atoms with Crippen LogP contribution in [-0.4, -0.2) is 80.5 Å². The monoisotopic (exact) mass is 549 g/mol. The maximum Gasteiger partial charge on any atom is 0.137 e. The quantitative estimate of drug-likeness (QED) is 0.269. The van der Waals surface area contributed by atoms with Gasteiger partial charge in [-0.1, -0.05) is 6.08 Å². The third-order valence-electron chi connectivity index (χ3n) is 8.77. The Hall–Kier alpha value is -4.49. The number of nitriles is 1. The molecule has 4 saturated heterocycles. The highest BCUT2D eigenvalue weighted by Crippen LogP contribution is 2.36. The number of aliphatic imine (C=N–C) groups is 1. The van der Waals surface area contributed by atoms with Gasteiger partial charge in [0.25, 0.3) is 0 Å². The molecule has 4 aliphatic rings. The third kappa shape index (κ3) is 4.56. The molecule has 4 aromatic heterocycles. The fourth-order valence-electron chi connectivity index (χ4n) is 6.58. The fourth-order valence-corrected chi connectivity index (χ4v) is 6.58. The molecule has 41 heavy (non-hydrogen) atoms. The highest BCUT2D eigenvalue weighted by Gasteiger charge is 2.44. The summed E-state index contributed by atoms with van der Waals surface area (Å²) in [6.45, 7) is 9.62. The van der Waals surface area contributed by atoms with Gasteiger partial charge in [-0.05, 0) is 61.9 Å². The summed E-state index contributed by atoms with van der Waals surface area (Å²) >= 11 is 0. The number of H-pyrrole nitrogens is 1. The number of fused-ring (bicyclic) bond motifs is 4. The normalized spacial score (nSPS) is 23.3. The van der Waals surface area contributed by atoms with Crippen molar-refractivity contribution in [3.05, 3.63) is 77.6 Å². The second-order valence-corrected chi connectivity index (χ2v) is 11.3. The van der Waals surface area contributed by atoms with Crippen LogP contribution in [0, 0.1) is 11.3 Å². The number of rotatable bonds is 7. The van der Waals surface area contributed by atoms with Crippen molar-refractivity contribution in [1.29, 1.82) is 5.26 Å². The van der Waals surface area contributed by atoms with E-state index in [2.05, 4.69) is 54.8 Å². The van der Waals surface area contributed by atoms with Gasteiger partial charge in [-0.3, -0.25) is 4.90 Å². The number of allylic oxidation sites excluding steroid dienone is 3. The highest BCUT2D eigenvalue weighted by atomic mass is 19.1. The first-order valence-corrected chi connectivity index (χ1v) is 14.1. The van der Waals surface area contributed by atoms with E-state index in [9.17, 15) is 9.65 Å². The Morgan fingerprint density at radius 3 is 2.85 bits per heavy atom. The average Bonchev–Trinajstić information content (AvgIpc) is 3.75. The van der Waals surface area contributed by atoms with E-state index in [-0.39, 0.29) is 0 Å². The second kappa shape index (κ2) is 10.2. The third-order valence-corrected chi connectivity index (χ3v) is 8.77. The molecule has 9 nitrogen and oxygen atoms in total. The molecule has 0 aromatic carbocycles. The van der Waals surface area contributed by atoms with Gasteiger partial charge in [0.1, 0.15) is 23.7 Å². The van der Waals surface area contributed by atoms with E-state index in [0.29, 0.717) is 37.2 Å². The summed E-state index contributed by atoms with van der Waals surface area (Å²) in [5.74, 6) is 0.843. The summed E-state index contributed by atoms with van der Waals surface area (Å²) in [7, 11) is 0. The van der Waals surface area contributed by atoms with Crippen LogP contribution in [0.4, 0.5) is 10.1 Å². The first-order chi connectivity index (χ1) is 20.0. The minimum Gasteiger partial charge on any atom is -0.367 e. The van der Waals surface area contributed by atoms with Crippen molar-refractivity contribution < 1.29 is 4.39 Å². The summed E-state index contributed by atoms with van der Waals surface area (Å²) in [5, 5.41) is 15.3. The van der Waals surface area contributed by atoms with Crippen LogP contribution in [0.25, 0.3) is 22.1 Å². The van der Waals surface area contributed by atoms with Gasteiger partial charge < -0.3 is 14.8 Å². The molecular formula is C31H32FN9. The molecule has 4 fully saturated rings. The van der Waals surface area contributed by atoms with Crippen molar-refractivity contribution in [2.45, 2.75) is 44.6 Å². The van der Waals surface area contributed by atoms with Crippen molar-refractivity contribution >= 4 is 34.5 Å². The van der Waals surface area contributed by atoms with Gasteiger partial charge in [-0.25, -0.2) is 18.9 Å². The lowest BCUT2D eigenvalue weighted by Crippen LogP contribution is -2.67. The van der Waals surface area contributed by atoms with Crippen LogP contribution < -0.4 is 4.90 Å². The first-order valence-electron chi connectivity index (χ1n) is 14.1. The smallest absolute Gasteiger partial charge is 0.137 e. The first kappa shape index (κ1) is 25.5. The number of piperidine rings is 1. The number of pyridine rings is 2. The van der Waals surface area contributed by atoms with Crippen LogP contribution in [0.15, 0.2) is 66.0 Å². The Morgan fingerprint density at radius 1 is 1.24 bits per heavy atom. The molecule has 4 aliphatic heterocycles. The summed E-state index contributed by atoms with van der Waals surface area (Å²) in [5.41, 5.74) is 6.20. The van der Waals surface area contributed by atoms with Crippen molar-refractivity contribution in [2.75, 3.05) is 31.1 Å². The second-order valence-electron chi connectivity index (χ2n) is 11.3. The molecule has 8 rings (SSSR count).